The van der Waals surface area contributed by atoms with Gasteiger partial charge in [0.15, 0.2) is 0 Å². The van der Waals surface area contributed by atoms with Crippen LogP contribution in [-0.4, -0.2) is 37.5 Å². The van der Waals surface area contributed by atoms with Gasteiger partial charge in [-0.25, -0.2) is 0 Å². The summed E-state index contributed by atoms with van der Waals surface area (Å²) in [5, 5.41) is 0. The molecule has 104 valence electrons. The third kappa shape index (κ3) is 5.10. The molecule has 6 heteroatoms. The average molecular weight is 440 g/mol. The summed E-state index contributed by atoms with van der Waals surface area (Å²) in [7, 11) is 3.09. The highest BCUT2D eigenvalue weighted by molar-refractivity contribution is 14.1. The minimum Gasteiger partial charge on any atom is -0.469 e. The maximum absolute atomic E-state index is 12.2. The molecule has 4 nitrogen and oxygen atoms in total. The fourth-order valence-corrected chi connectivity index (χ4v) is 2.44. The molecule has 0 heterocycles. The molecule has 1 aromatic rings. The van der Waals surface area contributed by atoms with Crippen LogP contribution < -0.4 is 0 Å². The molecule has 1 amide bonds. The normalized spacial score (nSPS) is 10.1. The summed E-state index contributed by atoms with van der Waals surface area (Å²) in [5.41, 5.74) is 0.632. The van der Waals surface area contributed by atoms with E-state index in [9.17, 15) is 9.59 Å². The Kier molecular flexibility index (Phi) is 6.78. The Balaban J connectivity index is 2.61. The molecule has 0 unspecified atom stereocenters. The Morgan fingerprint density at radius 2 is 2.11 bits per heavy atom. The van der Waals surface area contributed by atoms with Crippen molar-refractivity contribution in [3.63, 3.8) is 0 Å². The van der Waals surface area contributed by atoms with Crippen LogP contribution in [0.15, 0.2) is 22.7 Å². The summed E-state index contributed by atoms with van der Waals surface area (Å²) in [6.07, 6.45) is 0.915. The molecular formula is C13H15BrINO3. The van der Waals surface area contributed by atoms with Crippen LogP contribution in [0.3, 0.4) is 0 Å². The number of esters is 1. The lowest BCUT2D eigenvalue weighted by Crippen LogP contribution is -2.28. The van der Waals surface area contributed by atoms with Gasteiger partial charge in [0.25, 0.3) is 5.91 Å². The van der Waals surface area contributed by atoms with E-state index in [1.54, 1.807) is 11.9 Å². The quantitative estimate of drug-likeness (QED) is 0.523. The molecular weight excluding hydrogens is 425 g/mol. The van der Waals surface area contributed by atoms with E-state index in [0.717, 1.165) is 8.04 Å². The third-order valence-corrected chi connectivity index (χ3v) is 3.97. The first-order valence-corrected chi connectivity index (χ1v) is 7.60. The monoisotopic (exact) mass is 439 g/mol. The van der Waals surface area contributed by atoms with Crippen molar-refractivity contribution in [2.45, 2.75) is 12.8 Å². The minimum atomic E-state index is -0.253. The molecule has 1 rings (SSSR count). The summed E-state index contributed by atoms with van der Waals surface area (Å²) < 4.78 is 6.34. The van der Waals surface area contributed by atoms with Gasteiger partial charge >= 0.3 is 5.97 Å². The topological polar surface area (TPSA) is 46.6 Å². The van der Waals surface area contributed by atoms with Crippen molar-refractivity contribution in [1.82, 2.24) is 4.90 Å². The van der Waals surface area contributed by atoms with Gasteiger partial charge < -0.3 is 9.64 Å². The molecule has 0 aliphatic rings. The number of halogens is 2. The number of carbonyl (C=O) groups is 2. The molecule has 0 N–H and O–H groups in total. The van der Waals surface area contributed by atoms with Gasteiger partial charge in [-0.2, -0.15) is 0 Å². The van der Waals surface area contributed by atoms with Crippen molar-refractivity contribution in [2.24, 2.45) is 0 Å². The molecule has 0 saturated heterocycles. The van der Waals surface area contributed by atoms with Crippen molar-refractivity contribution in [3.8, 4) is 0 Å². The second-order valence-corrected chi connectivity index (χ2v) is 6.13. The molecule has 19 heavy (non-hydrogen) atoms. The fraction of sp³-hybridized carbons (Fsp3) is 0.385. The number of carbonyl (C=O) groups excluding carboxylic acids is 2. The molecule has 0 saturated carbocycles. The predicted molar refractivity (Wildman–Crippen MR) is 85.1 cm³/mol. The Labute approximate surface area is 134 Å². The van der Waals surface area contributed by atoms with Crippen LogP contribution in [0.4, 0.5) is 0 Å². The van der Waals surface area contributed by atoms with E-state index in [1.807, 2.05) is 18.2 Å². The van der Waals surface area contributed by atoms with Gasteiger partial charge in [-0.3, -0.25) is 9.59 Å². The lowest BCUT2D eigenvalue weighted by Gasteiger charge is -2.17. The predicted octanol–water partition coefficient (Wildman–Crippen LogP) is 3.08. The fourth-order valence-electron chi connectivity index (χ4n) is 1.53. The highest BCUT2D eigenvalue weighted by atomic mass is 127. The smallest absolute Gasteiger partial charge is 0.305 e. The molecule has 0 aromatic heterocycles. The molecule has 0 atom stereocenters. The summed E-state index contributed by atoms with van der Waals surface area (Å²) in [5.74, 6) is -0.313. The number of nitrogens with zero attached hydrogens (tertiary/aromatic N) is 1. The van der Waals surface area contributed by atoms with Crippen LogP contribution in [0.25, 0.3) is 0 Å². The van der Waals surface area contributed by atoms with E-state index in [-0.39, 0.29) is 11.9 Å². The molecule has 0 spiro atoms. The first kappa shape index (κ1) is 16.4. The number of amides is 1. The minimum absolute atomic E-state index is 0.0599. The lowest BCUT2D eigenvalue weighted by atomic mass is 10.2. The number of methoxy groups -OCH3 is 1. The zero-order valence-corrected chi connectivity index (χ0v) is 14.5. The number of hydrogen-bond donors (Lipinski definition) is 0. The van der Waals surface area contributed by atoms with Crippen molar-refractivity contribution in [1.29, 1.82) is 0 Å². The molecule has 0 fully saturated rings. The van der Waals surface area contributed by atoms with E-state index in [2.05, 4.69) is 43.3 Å². The Morgan fingerprint density at radius 1 is 1.42 bits per heavy atom. The summed E-state index contributed by atoms with van der Waals surface area (Å²) in [4.78, 5) is 24.8. The summed E-state index contributed by atoms with van der Waals surface area (Å²) >= 11 is 5.55. The van der Waals surface area contributed by atoms with Gasteiger partial charge in [0.2, 0.25) is 0 Å². The first-order chi connectivity index (χ1) is 8.95. The lowest BCUT2D eigenvalue weighted by molar-refractivity contribution is -0.140. The highest BCUT2D eigenvalue weighted by Crippen LogP contribution is 2.20. The van der Waals surface area contributed by atoms with Crippen LogP contribution >= 0.6 is 38.5 Å². The van der Waals surface area contributed by atoms with Crippen LogP contribution in [-0.2, 0) is 9.53 Å². The van der Waals surface area contributed by atoms with E-state index < -0.39 is 0 Å². The van der Waals surface area contributed by atoms with Gasteiger partial charge in [0.05, 0.1) is 12.7 Å². The number of rotatable bonds is 5. The third-order valence-electron chi connectivity index (χ3n) is 2.61. The number of hydrogen-bond acceptors (Lipinski definition) is 3. The van der Waals surface area contributed by atoms with Gasteiger partial charge in [0, 0.05) is 28.1 Å². The van der Waals surface area contributed by atoms with Crippen LogP contribution in [0.1, 0.15) is 23.2 Å². The van der Waals surface area contributed by atoms with Crippen molar-refractivity contribution in [3.05, 3.63) is 31.8 Å². The van der Waals surface area contributed by atoms with E-state index >= 15 is 0 Å². The van der Waals surface area contributed by atoms with Gasteiger partial charge in [-0.05, 0) is 63.1 Å². The number of ether oxygens (including phenoxy) is 1. The van der Waals surface area contributed by atoms with Gasteiger partial charge in [0.1, 0.15) is 0 Å². The number of benzene rings is 1. The molecule has 0 aliphatic heterocycles. The first-order valence-electron chi connectivity index (χ1n) is 5.73. The Bertz CT molecular complexity index is 479. The van der Waals surface area contributed by atoms with Crippen molar-refractivity contribution < 1.29 is 14.3 Å². The average Bonchev–Trinajstić information content (AvgIpc) is 2.40. The maximum Gasteiger partial charge on any atom is 0.305 e. The molecule has 0 bridgehead atoms. The van der Waals surface area contributed by atoms with E-state index in [0.29, 0.717) is 24.9 Å². The van der Waals surface area contributed by atoms with Crippen LogP contribution in [0.5, 0.6) is 0 Å². The SMILES string of the molecule is COC(=O)CCCN(C)C(=O)c1cc(I)ccc1Br. The van der Waals surface area contributed by atoms with Crippen LogP contribution in [0, 0.1) is 3.57 Å². The second-order valence-electron chi connectivity index (χ2n) is 4.03. The van der Waals surface area contributed by atoms with Crippen molar-refractivity contribution in [2.75, 3.05) is 20.7 Å². The summed E-state index contributed by atoms with van der Waals surface area (Å²) in [6, 6.07) is 5.62. The Morgan fingerprint density at radius 3 is 2.74 bits per heavy atom. The highest BCUT2D eigenvalue weighted by Gasteiger charge is 2.15. The molecule has 1 aromatic carbocycles. The van der Waals surface area contributed by atoms with Gasteiger partial charge in [-0.1, -0.05) is 0 Å². The van der Waals surface area contributed by atoms with Crippen molar-refractivity contribution >= 4 is 50.4 Å². The maximum atomic E-state index is 12.2. The molecule has 0 aliphatic carbocycles. The zero-order valence-electron chi connectivity index (χ0n) is 10.8. The van der Waals surface area contributed by atoms with Crippen LogP contribution in [0.2, 0.25) is 0 Å². The van der Waals surface area contributed by atoms with Gasteiger partial charge in [-0.15, -0.1) is 0 Å². The largest absolute Gasteiger partial charge is 0.469 e. The molecule has 0 radical (unpaired) electrons. The van der Waals surface area contributed by atoms with E-state index in [4.69, 9.17) is 0 Å². The zero-order chi connectivity index (χ0) is 14.4. The van der Waals surface area contributed by atoms with E-state index in [1.165, 1.54) is 7.11 Å². The standard InChI is InChI=1S/C13H15BrINO3/c1-16(7-3-4-12(17)19-2)13(18)10-8-9(15)5-6-11(10)14/h5-6,8H,3-4,7H2,1-2H3. The summed E-state index contributed by atoms with van der Waals surface area (Å²) in [6.45, 7) is 0.520. The Hall–Kier alpha value is -0.630. The second kappa shape index (κ2) is 7.84.